The molecule has 0 saturated heterocycles. The molecule has 0 radical (unpaired) electrons. The molecule has 1 saturated carbocycles. The van der Waals surface area contributed by atoms with E-state index in [0.29, 0.717) is 18.5 Å². The Bertz CT molecular complexity index is 541. The number of halogens is 1. The largest absolute Gasteiger partial charge is 0.354 e. The van der Waals surface area contributed by atoms with Crippen molar-refractivity contribution in [3.63, 3.8) is 0 Å². The lowest BCUT2D eigenvalue weighted by molar-refractivity contribution is -0.119. The average molecular weight is 476 g/mol. The van der Waals surface area contributed by atoms with E-state index in [1.807, 2.05) is 30.0 Å². The summed E-state index contributed by atoms with van der Waals surface area (Å²) in [6, 6.07) is 10.6. The highest BCUT2D eigenvalue weighted by molar-refractivity contribution is 14.0. The lowest BCUT2D eigenvalue weighted by Crippen LogP contribution is -2.46. The second-order valence-electron chi connectivity index (χ2n) is 6.02. The van der Waals surface area contributed by atoms with Crippen molar-refractivity contribution in [2.45, 2.75) is 37.0 Å². The van der Waals surface area contributed by atoms with Gasteiger partial charge in [-0.3, -0.25) is 9.79 Å². The van der Waals surface area contributed by atoms with E-state index in [1.54, 1.807) is 7.05 Å². The minimum absolute atomic E-state index is 0. The van der Waals surface area contributed by atoms with Crippen LogP contribution in [0.3, 0.4) is 0 Å². The molecule has 2 unspecified atom stereocenters. The van der Waals surface area contributed by atoms with Gasteiger partial charge in [-0.2, -0.15) is 11.8 Å². The van der Waals surface area contributed by atoms with Gasteiger partial charge in [0.2, 0.25) is 5.91 Å². The molecule has 25 heavy (non-hydrogen) atoms. The summed E-state index contributed by atoms with van der Waals surface area (Å²) in [4.78, 5) is 16.1. The first-order valence-corrected chi connectivity index (χ1v) is 9.80. The fraction of sp³-hybridized carbons (Fsp3) is 0.556. The highest BCUT2D eigenvalue weighted by atomic mass is 127. The van der Waals surface area contributed by atoms with E-state index in [1.165, 1.54) is 12.0 Å². The number of amides is 1. The highest BCUT2D eigenvalue weighted by Crippen LogP contribution is 2.27. The third-order valence-corrected chi connectivity index (χ3v) is 5.37. The molecule has 7 heteroatoms. The number of hydrogen-bond donors (Lipinski definition) is 3. The average Bonchev–Trinajstić information content (AvgIpc) is 3.07. The van der Waals surface area contributed by atoms with Gasteiger partial charge < -0.3 is 16.0 Å². The molecule has 2 rings (SSSR count). The maximum atomic E-state index is 11.9. The number of thioether (sulfide) groups is 1. The van der Waals surface area contributed by atoms with Crippen LogP contribution in [-0.2, 0) is 11.2 Å². The minimum atomic E-state index is -0.0118. The van der Waals surface area contributed by atoms with Crippen molar-refractivity contribution in [1.82, 2.24) is 16.0 Å². The van der Waals surface area contributed by atoms with Crippen molar-refractivity contribution < 1.29 is 4.79 Å². The van der Waals surface area contributed by atoms with Gasteiger partial charge >= 0.3 is 0 Å². The maximum Gasteiger partial charge on any atom is 0.239 e. The molecule has 2 atom stereocenters. The van der Waals surface area contributed by atoms with Gasteiger partial charge in [0.15, 0.2) is 5.96 Å². The number of nitrogens with zero attached hydrogens (tertiary/aromatic N) is 1. The van der Waals surface area contributed by atoms with Crippen LogP contribution in [-0.4, -0.2) is 49.6 Å². The van der Waals surface area contributed by atoms with Crippen molar-refractivity contribution in [1.29, 1.82) is 0 Å². The third kappa shape index (κ3) is 8.31. The van der Waals surface area contributed by atoms with E-state index in [4.69, 9.17) is 0 Å². The molecule has 1 fully saturated rings. The molecule has 5 nitrogen and oxygen atoms in total. The Morgan fingerprint density at radius 1 is 1.24 bits per heavy atom. The van der Waals surface area contributed by atoms with Gasteiger partial charge in [0.1, 0.15) is 0 Å². The van der Waals surface area contributed by atoms with E-state index in [2.05, 4.69) is 39.3 Å². The van der Waals surface area contributed by atoms with Crippen molar-refractivity contribution in [2.24, 2.45) is 4.99 Å². The van der Waals surface area contributed by atoms with Crippen LogP contribution in [0.25, 0.3) is 0 Å². The van der Waals surface area contributed by atoms with Crippen LogP contribution in [0.5, 0.6) is 0 Å². The van der Waals surface area contributed by atoms with E-state index >= 15 is 0 Å². The first kappa shape index (κ1) is 22.1. The molecule has 0 aliphatic heterocycles. The van der Waals surface area contributed by atoms with E-state index in [0.717, 1.165) is 24.5 Å². The molecular weight excluding hydrogens is 447 g/mol. The van der Waals surface area contributed by atoms with Gasteiger partial charge in [0.25, 0.3) is 0 Å². The normalized spacial score (nSPS) is 19.8. The lowest BCUT2D eigenvalue weighted by atomic mass is 10.1. The minimum Gasteiger partial charge on any atom is -0.354 e. The number of benzene rings is 1. The quantitative estimate of drug-likeness (QED) is 0.321. The van der Waals surface area contributed by atoms with Crippen LogP contribution in [0.4, 0.5) is 0 Å². The summed E-state index contributed by atoms with van der Waals surface area (Å²) >= 11 is 1.93. The Morgan fingerprint density at radius 3 is 2.64 bits per heavy atom. The van der Waals surface area contributed by atoms with Gasteiger partial charge in [-0.1, -0.05) is 30.3 Å². The van der Waals surface area contributed by atoms with Crippen molar-refractivity contribution in [2.75, 3.05) is 26.4 Å². The molecule has 1 aromatic rings. The fourth-order valence-corrected chi connectivity index (χ4v) is 3.69. The number of hydrogen-bond acceptors (Lipinski definition) is 3. The molecule has 0 spiro atoms. The topological polar surface area (TPSA) is 65.5 Å². The van der Waals surface area contributed by atoms with Gasteiger partial charge in [-0.05, 0) is 37.5 Å². The Hall–Kier alpha value is -0.960. The number of aliphatic imine (C=N–C) groups is 1. The van der Waals surface area contributed by atoms with Crippen molar-refractivity contribution >= 4 is 47.6 Å². The summed E-state index contributed by atoms with van der Waals surface area (Å²) in [5, 5.41) is 10.2. The molecule has 1 aliphatic carbocycles. The van der Waals surface area contributed by atoms with Gasteiger partial charge in [-0.25, -0.2) is 0 Å². The number of guanidine groups is 1. The van der Waals surface area contributed by atoms with Crippen molar-refractivity contribution in [3.8, 4) is 0 Å². The smallest absolute Gasteiger partial charge is 0.239 e. The Morgan fingerprint density at radius 2 is 2.00 bits per heavy atom. The monoisotopic (exact) mass is 476 g/mol. The zero-order valence-corrected chi connectivity index (χ0v) is 18.1. The first-order chi connectivity index (χ1) is 11.7. The van der Waals surface area contributed by atoms with Gasteiger partial charge in [-0.15, -0.1) is 24.0 Å². The standard InChI is InChI=1S/C18H28N4OS.HI/c1-19-18(22-15-8-9-16(12-15)24-2)21-13-17(23)20-11-10-14-6-4-3-5-7-14;/h3-7,15-16H,8-13H2,1-2H3,(H,20,23)(H2,19,21,22);1H. The molecule has 1 aromatic carbocycles. The molecule has 1 aliphatic rings. The molecule has 0 aromatic heterocycles. The molecule has 0 heterocycles. The molecular formula is C18H29IN4OS. The Labute approximate surface area is 172 Å². The fourth-order valence-electron chi connectivity index (χ4n) is 2.89. The predicted octanol–water partition coefficient (Wildman–Crippen LogP) is 2.41. The van der Waals surface area contributed by atoms with Crippen LogP contribution in [0.1, 0.15) is 24.8 Å². The van der Waals surface area contributed by atoms with Crippen LogP contribution in [0, 0.1) is 0 Å². The van der Waals surface area contributed by atoms with Crippen LogP contribution in [0.2, 0.25) is 0 Å². The second kappa shape index (κ2) is 12.4. The zero-order chi connectivity index (χ0) is 17.2. The summed E-state index contributed by atoms with van der Waals surface area (Å²) in [7, 11) is 1.74. The summed E-state index contributed by atoms with van der Waals surface area (Å²) in [6.45, 7) is 0.891. The molecule has 0 bridgehead atoms. The Balaban J connectivity index is 0.00000312. The zero-order valence-electron chi connectivity index (χ0n) is 15.0. The predicted molar refractivity (Wildman–Crippen MR) is 118 cm³/mol. The van der Waals surface area contributed by atoms with E-state index in [-0.39, 0.29) is 36.4 Å². The Kier molecular flexibility index (Phi) is 11.0. The number of carbonyl (C=O) groups is 1. The summed E-state index contributed by atoms with van der Waals surface area (Å²) in [5.41, 5.74) is 1.23. The van der Waals surface area contributed by atoms with Crippen LogP contribution >= 0.6 is 35.7 Å². The van der Waals surface area contributed by atoms with Crippen LogP contribution < -0.4 is 16.0 Å². The summed E-state index contributed by atoms with van der Waals surface area (Å²) < 4.78 is 0. The molecule has 1 amide bonds. The van der Waals surface area contributed by atoms with Crippen LogP contribution in [0.15, 0.2) is 35.3 Å². The third-order valence-electron chi connectivity index (χ3n) is 4.28. The van der Waals surface area contributed by atoms with E-state index in [9.17, 15) is 4.79 Å². The molecule has 3 N–H and O–H groups in total. The molecule has 140 valence electrons. The second-order valence-corrected chi connectivity index (χ2v) is 7.16. The summed E-state index contributed by atoms with van der Waals surface area (Å²) in [5.74, 6) is 0.697. The lowest BCUT2D eigenvalue weighted by Gasteiger charge is -2.17. The highest BCUT2D eigenvalue weighted by Gasteiger charge is 2.24. The van der Waals surface area contributed by atoms with Gasteiger partial charge in [0, 0.05) is 24.9 Å². The number of carbonyl (C=O) groups excluding carboxylic acids is 1. The van der Waals surface area contributed by atoms with Crippen molar-refractivity contribution in [3.05, 3.63) is 35.9 Å². The van der Waals surface area contributed by atoms with Gasteiger partial charge in [0.05, 0.1) is 6.54 Å². The first-order valence-electron chi connectivity index (χ1n) is 8.52. The van der Waals surface area contributed by atoms with E-state index < -0.39 is 0 Å². The SMILES string of the molecule is CN=C(NCC(=O)NCCc1ccccc1)NC1CCC(SC)C1.I. The summed E-state index contributed by atoms with van der Waals surface area (Å²) in [6.07, 6.45) is 6.58. The number of rotatable bonds is 7. The number of nitrogens with one attached hydrogen (secondary N) is 3. The maximum absolute atomic E-state index is 11.9.